The lowest BCUT2D eigenvalue weighted by Crippen LogP contribution is -2.20. The van der Waals surface area contributed by atoms with Crippen LogP contribution in [0.5, 0.6) is 0 Å². The summed E-state index contributed by atoms with van der Waals surface area (Å²) in [5.41, 5.74) is 1.57. The summed E-state index contributed by atoms with van der Waals surface area (Å²) in [5, 5.41) is 3.54. The van der Waals surface area contributed by atoms with Crippen molar-refractivity contribution >= 4 is 0 Å². The first-order valence-corrected chi connectivity index (χ1v) is 6.63. The molecule has 0 aliphatic carbocycles. The molecular formula is C14H29N. The van der Waals surface area contributed by atoms with Crippen molar-refractivity contribution in [3.8, 4) is 0 Å². The van der Waals surface area contributed by atoms with Crippen LogP contribution >= 0.6 is 0 Å². The fourth-order valence-corrected chi connectivity index (χ4v) is 1.49. The summed E-state index contributed by atoms with van der Waals surface area (Å²) >= 11 is 0. The molecule has 1 unspecified atom stereocenters. The van der Waals surface area contributed by atoms with E-state index in [9.17, 15) is 0 Å². The van der Waals surface area contributed by atoms with Crippen LogP contribution in [0.25, 0.3) is 0 Å². The fraction of sp³-hybridized carbons (Fsp3) is 0.857. The molecule has 90 valence electrons. The molecule has 0 rings (SSSR count). The van der Waals surface area contributed by atoms with Gasteiger partial charge in [-0.1, -0.05) is 52.2 Å². The van der Waals surface area contributed by atoms with Gasteiger partial charge >= 0.3 is 0 Å². The maximum atomic E-state index is 3.54. The Morgan fingerprint density at radius 1 is 1.27 bits per heavy atom. The first kappa shape index (κ1) is 14.7. The summed E-state index contributed by atoms with van der Waals surface area (Å²) < 4.78 is 0. The molecule has 0 aromatic carbocycles. The van der Waals surface area contributed by atoms with Gasteiger partial charge in [0, 0.05) is 6.54 Å². The molecule has 1 N–H and O–H groups in total. The van der Waals surface area contributed by atoms with E-state index >= 15 is 0 Å². The molecule has 0 aliphatic heterocycles. The van der Waals surface area contributed by atoms with Gasteiger partial charge in [0.2, 0.25) is 0 Å². The molecule has 0 heterocycles. The van der Waals surface area contributed by atoms with Gasteiger partial charge in [0.25, 0.3) is 0 Å². The van der Waals surface area contributed by atoms with E-state index < -0.39 is 0 Å². The molecule has 1 atom stereocenters. The molecule has 0 spiro atoms. The van der Waals surface area contributed by atoms with Crippen molar-refractivity contribution in [1.82, 2.24) is 5.32 Å². The largest absolute Gasteiger partial charge is 0.313 e. The monoisotopic (exact) mass is 211 g/mol. The normalized spacial score (nSPS) is 14.3. The SMILES string of the molecule is CCCC=C(CC)CNCCC(C)CC. The van der Waals surface area contributed by atoms with Crippen LogP contribution in [0.2, 0.25) is 0 Å². The molecule has 1 heteroatoms. The number of unbranched alkanes of at least 4 members (excludes halogenated alkanes) is 1. The zero-order valence-corrected chi connectivity index (χ0v) is 11.1. The van der Waals surface area contributed by atoms with Crippen LogP contribution in [0.4, 0.5) is 0 Å². The van der Waals surface area contributed by atoms with Crippen LogP contribution in [0.3, 0.4) is 0 Å². The number of hydrogen-bond donors (Lipinski definition) is 1. The average molecular weight is 211 g/mol. The van der Waals surface area contributed by atoms with Crippen LogP contribution in [-0.2, 0) is 0 Å². The highest BCUT2D eigenvalue weighted by Crippen LogP contribution is 2.05. The smallest absolute Gasteiger partial charge is 0.0164 e. The molecule has 1 nitrogen and oxygen atoms in total. The Labute approximate surface area is 96.3 Å². The Bertz CT molecular complexity index is 161. The maximum absolute atomic E-state index is 3.54. The molecule has 0 fully saturated rings. The van der Waals surface area contributed by atoms with E-state index in [1.165, 1.54) is 38.6 Å². The summed E-state index contributed by atoms with van der Waals surface area (Å²) in [5.74, 6) is 0.863. The van der Waals surface area contributed by atoms with E-state index in [1.54, 1.807) is 5.57 Å². The quantitative estimate of drug-likeness (QED) is 0.446. The van der Waals surface area contributed by atoms with Gasteiger partial charge in [0.15, 0.2) is 0 Å². The van der Waals surface area contributed by atoms with Crippen LogP contribution < -0.4 is 5.32 Å². The molecule has 0 saturated heterocycles. The third kappa shape index (κ3) is 8.68. The van der Waals surface area contributed by atoms with Gasteiger partial charge in [-0.15, -0.1) is 0 Å². The van der Waals surface area contributed by atoms with E-state index in [1.807, 2.05) is 0 Å². The van der Waals surface area contributed by atoms with Crippen molar-refractivity contribution in [2.45, 2.75) is 59.8 Å². The standard InChI is InChI=1S/C14H29N/c1-5-8-9-14(7-3)12-15-11-10-13(4)6-2/h9,13,15H,5-8,10-12H2,1-4H3. The van der Waals surface area contributed by atoms with Gasteiger partial charge in [-0.2, -0.15) is 0 Å². The first-order chi connectivity index (χ1) is 7.24. The Hall–Kier alpha value is -0.300. The lowest BCUT2D eigenvalue weighted by Gasteiger charge is -2.10. The third-order valence-corrected chi connectivity index (χ3v) is 3.04. The number of nitrogens with one attached hydrogen (secondary N) is 1. The van der Waals surface area contributed by atoms with E-state index in [-0.39, 0.29) is 0 Å². The van der Waals surface area contributed by atoms with Crippen molar-refractivity contribution in [1.29, 1.82) is 0 Å². The van der Waals surface area contributed by atoms with Gasteiger partial charge in [0.05, 0.1) is 0 Å². The van der Waals surface area contributed by atoms with Crippen LogP contribution in [-0.4, -0.2) is 13.1 Å². The Kier molecular flexibility index (Phi) is 10.0. The predicted molar refractivity (Wildman–Crippen MR) is 70.2 cm³/mol. The summed E-state index contributed by atoms with van der Waals surface area (Å²) in [4.78, 5) is 0. The van der Waals surface area contributed by atoms with Gasteiger partial charge in [-0.3, -0.25) is 0 Å². The zero-order valence-electron chi connectivity index (χ0n) is 11.1. The second-order valence-electron chi connectivity index (χ2n) is 4.48. The molecule has 0 amide bonds. The van der Waals surface area contributed by atoms with Crippen LogP contribution in [0.15, 0.2) is 11.6 Å². The van der Waals surface area contributed by atoms with Crippen molar-refractivity contribution < 1.29 is 0 Å². The van der Waals surface area contributed by atoms with E-state index in [0.717, 1.165) is 12.5 Å². The first-order valence-electron chi connectivity index (χ1n) is 6.63. The van der Waals surface area contributed by atoms with E-state index in [4.69, 9.17) is 0 Å². The maximum Gasteiger partial charge on any atom is 0.0164 e. The highest BCUT2D eigenvalue weighted by molar-refractivity contribution is 5.03. The molecule has 0 aromatic rings. The highest BCUT2D eigenvalue weighted by Gasteiger charge is 1.98. The Balaban J connectivity index is 3.54. The minimum absolute atomic E-state index is 0.863. The lowest BCUT2D eigenvalue weighted by atomic mass is 10.1. The topological polar surface area (TPSA) is 12.0 Å². The van der Waals surface area contributed by atoms with Crippen LogP contribution in [0, 0.1) is 5.92 Å². The van der Waals surface area contributed by atoms with Gasteiger partial charge in [-0.05, 0) is 31.7 Å². The van der Waals surface area contributed by atoms with Gasteiger partial charge < -0.3 is 5.32 Å². The van der Waals surface area contributed by atoms with Crippen molar-refractivity contribution in [2.24, 2.45) is 5.92 Å². The summed E-state index contributed by atoms with van der Waals surface area (Å²) in [6, 6.07) is 0. The lowest BCUT2D eigenvalue weighted by molar-refractivity contribution is 0.494. The molecule has 0 radical (unpaired) electrons. The van der Waals surface area contributed by atoms with Gasteiger partial charge in [-0.25, -0.2) is 0 Å². The second kappa shape index (κ2) is 10.2. The molecule has 15 heavy (non-hydrogen) atoms. The van der Waals surface area contributed by atoms with Crippen LogP contribution in [0.1, 0.15) is 59.8 Å². The highest BCUT2D eigenvalue weighted by atomic mass is 14.8. The molecule has 0 saturated carbocycles. The number of hydrogen-bond acceptors (Lipinski definition) is 1. The summed E-state index contributed by atoms with van der Waals surface area (Å²) in [6.07, 6.45) is 8.69. The minimum atomic E-state index is 0.863. The number of allylic oxidation sites excluding steroid dienone is 1. The predicted octanol–water partition coefficient (Wildman–Crippen LogP) is 4.15. The number of rotatable bonds is 9. The van der Waals surface area contributed by atoms with Crippen molar-refractivity contribution in [2.75, 3.05) is 13.1 Å². The fourth-order valence-electron chi connectivity index (χ4n) is 1.49. The van der Waals surface area contributed by atoms with E-state index in [2.05, 4.69) is 39.1 Å². The molecular weight excluding hydrogens is 182 g/mol. The minimum Gasteiger partial charge on any atom is -0.313 e. The summed E-state index contributed by atoms with van der Waals surface area (Å²) in [7, 11) is 0. The molecule has 0 aromatic heterocycles. The third-order valence-electron chi connectivity index (χ3n) is 3.04. The van der Waals surface area contributed by atoms with Crippen molar-refractivity contribution in [3.63, 3.8) is 0 Å². The van der Waals surface area contributed by atoms with Gasteiger partial charge in [0.1, 0.15) is 0 Å². The molecule has 0 bridgehead atoms. The Morgan fingerprint density at radius 3 is 2.53 bits per heavy atom. The van der Waals surface area contributed by atoms with E-state index in [0.29, 0.717) is 0 Å². The average Bonchev–Trinajstić information content (AvgIpc) is 2.27. The summed E-state index contributed by atoms with van der Waals surface area (Å²) in [6.45, 7) is 11.3. The Morgan fingerprint density at radius 2 is 2.00 bits per heavy atom. The second-order valence-corrected chi connectivity index (χ2v) is 4.48. The molecule has 0 aliphatic rings. The van der Waals surface area contributed by atoms with Crippen molar-refractivity contribution in [3.05, 3.63) is 11.6 Å². The zero-order chi connectivity index (χ0) is 11.5.